The monoisotopic (exact) mass is 974 g/mol. The fourth-order valence-electron chi connectivity index (χ4n) is 7.61. The third-order valence-electron chi connectivity index (χ3n) is 10.1. The van der Waals surface area contributed by atoms with Gasteiger partial charge in [0.15, 0.2) is 0 Å². The number of hydrogen-bond donors (Lipinski definition) is 0. The Balaban J connectivity index is 0.000000191. The summed E-state index contributed by atoms with van der Waals surface area (Å²) >= 11 is -0.0388. The molecule has 0 aliphatic heterocycles. The summed E-state index contributed by atoms with van der Waals surface area (Å²) in [5, 5.41) is 4.98. The van der Waals surface area contributed by atoms with E-state index in [4.69, 9.17) is 9.97 Å². The molecular weight excluding hydrogens is 927 g/mol. The molecule has 0 fully saturated rings. The third kappa shape index (κ3) is 7.86. The topological polar surface area (TPSA) is 30.7 Å². The van der Waals surface area contributed by atoms with Crippen LogP contribution in [0.3, 0.4) is 0 Å². The summed E-state index contributed by atoms with van der Waals surface area (Å²) in [6.45, 7) is 8.93. The molecule has 0 N–H and O–H groups in total. The molecule has 3 nitrogen and oxygen atoms in total. The second kappa shape index (κ2) is 16.0. The van der Waals surface area contributed by atoms with Gasteiger partial charge in [0.2, 0.25) is 0 Å². The number of thiophene rings is 1. The van der Waals surface area contributed by atoms with Crippen LogP contribution in [0.2, 0.25) is 17.3 Å². The van der Waals surface area contributed by atoms with E-state index in [0.29, 0.717) is 5.92 Å². The molecule has 0 bridgehead atoms. The first kappa shape index (κ1) is 38.9. The maximum absolute atomic E-state index is 5.20. The van der Waals surface area contributed by atoms with E-state index >= 15 is 0 Å². The Morgan fingerprint density at radius 3 is 2.15 bits per heavy atom. The van der Waals surface area contributed by atoms with E-state index < -0.39 is 13.3 Å². The molecule has 0 aliphatic rings. The van der Waals surface area contributed by atoms with Gasteiger partial charge in [0.1, 0.15) is 0 Å². The minimum absolute atomic E-state index is 0. The van der Waals surface area contributed by atoms with Gasteiger partial charge in [0, 0.05) is 30.5 Å². The van der Waals surface area contributed by atoms with Gasteiger partial charge in [-0.1, -0.05) is 66.0 Å². The van der Waals surface area contributed by atoms with Crippen LogP contribution in [-0.2, 0) is 26.5 Å². The van der Waals surface area contributed by atoms with Crippen molar-refractivity contribution in [3.05, 3.63) is 156 Å². The Morgan fingerprint density at radius 2 is 1.44 bits per heavy atom. The molecule has 3 heterocycles. The van der Waals surface area contributed by atoms with Crippen molar-refractivity contribution in [2.24, 2.45) is 5.92 Å². The molecule has 9 aromatic rings. The Morgan fingerprint density at radius 1 is 0.727 bits per heavy atom. The summed E-state index contributed by atoms with van der Waals surface area (Å²) < 4.78 is 6.43. The van der Waals surface area contributed by atoms with Crippen molar-refractivity contribution < 1.29 is 20.1 Å². The molecule has 0 atom stereocenters. The summed E-state index contributed by atoms with van der Waals surface area (Å²) in [5.41, 5.74) is 10.4. The van der Waals surface area contributed by atoms with Gasteiger partial charge in [0.25, 0.3) is 0 Å². The van der Waals surface area contributed by atoms with Crippen LogP contribution in [0.25, 0.3) is 70.3 Å². The van der Waals surface area contributed by atoms with Crippen LogP contribution < -0.4 is 4.40 Å². The molecule has 0 saturated carbocycles. The van der Waals surface area contributed by atoms with Gasteiger partial charge in [-0.05, 0) is 64.0 Å². The first-order chi connectivity index (χ1) is 26.0. The molecule has 0 unspecified atom stereocenters. The van der Waals surface area contributed by atoms with Crippen LogP contribution in [0.5, 0.6) is 0 Å². The predicted octanol–water partition coefficient (Wildman–Crippen LogP) is 12.9. The smallest absolute Gasteiger partial charge is 0.0780 e. The molecule has 6 aromatic carbocycles. The van der Waals surface area contributed by atoms with E-state index in [1.54, 1.807) is 4.40 Å². The maximum atomic E-state index is 5.20. The Hall–Kier alpha value is -4.39. The molecule has 9 rings (SSSR count). The van der Waals surface area contributed by atoms with Gasteiger partial charge in [-0.3, -0.25) is 4.98 Å². The second-order valence-corrected chi connectivity index (χ2v) is 27.4. The van der Waals surface area contributed by atoms with Crippen LogP contribution in [0, 0.1) is 31.9 Å². The van der Waals surface area contributed by atoms with Crippen molar-refractivity contribution in [3.63, 3.8) is 0 Å². The summed E-state index contributed by atoms with van der Waals surface area (Å²) in [6, 6.07) is 49.7. The van der Waals surface area contributed by atoms with E-state index in [-0.39, 0.29) is 20.1 Å². The van der Waals surface area contributed by atoms with Gasteiger partial charge < -0.3 is 4.57 Å². The average molecular weight is 973 g/mol. The van der Waals surface area contributed by atoms with Gasteiger partial charge in [-0.15, -0.1) is 23.8 Å². The minimum Gasteiger partial charge on any atom is -0.333 e. The number of para-hydroxylation sites is 1. The van der Waals surface area contributed by atoms with Gasteiger partial charge in [-0.25, -0.2) is 0 Å². The van der Waals surface area contributed by atoms with Crippen molar-refractivity contribution in [1.82, 2.24) is 14.5 Å². The van der Waals surface area contributed by atoms with Gasteiger partial charge >= 0.3 is 126 Å². The molecule has 277 valence electrons. The molecule has 0 spiro atoms. The van der Waals surface area contributed by atoms with E-state index in [1.165, 1.54) is 53.3 Å². The average Bonchev–Trinajstić information content (AvgIpc) is 3.71. The predicted molar refractivity (Wildman–Crippen MR) is 235 cm³/mol. The number of nitrogens with zero attached hydrogens (tertiary/aromatic N) is 3. The number of benzene rings is 6. The Bertz CT molecular complexity index is 2770. The number of aromatic nitrogens is 3. The molecule has 3 aromatic heterocycles. The first-order valence-electron chi connectivity index (χ1n) is 18.8. The molecule has 0 saturated heterocycles. The molecule has 0 aliphatic carbocycles. The van der Waals surface area contributed by atoms with E-state index in [2.05, 4.69) is 171 Å². The van der Waals surface area contributed by atoms with Crippen LogP contribution in [0.4, 0.5) is 0 Å². The van der Waals surface area contributed by atoms with Crippen LogP contribution in [0.1, 0.15) is 30.5 Å². The summed E-state index contributed by atoms with van der Waals surface area (Å²) in [4.78, 5) is 9.90. The number of hydrogen-bond acceptors (Lipinski definition) is 3. The van der Waals surface area contributed by atoms with E-state index in [9.17, 15) is 0 Å². The fraction of sp³-hybridized carbons (Fsp3) is 0.184. The summed E-state index contributed by atoms with van der Waals surface area (Å²) in [7, 11) is 0. The number of aryl methyl sites for hydroxylation is 2. The fourth-order valence-corrected chi connectivity index (χ4v) is 12.0. The van der Waals surface area contributed by atoms with Crippen LogP contribution in [-0.4, -0.2) is 27.8 Å². The zero-order valence-corrected chi connectivity index (χ0v) is 37.8. The standard InChI is InChI=1S/C31H21N2S.C18H24GeN.Ir/c1-19-8-7-9-20(2)30(19)33-27-18-22-11-4-3-10-21(22)17-26(27)32-31(33)23-14-15-29-25(16-23)24-12-5-6-13-28(24)34-29;1-14(2)11-16-12-18(15-9-7-6-8-10-15)20-13-17(16)19(3,4)5;/h3-13,15-18H,1-2H3;6-9,12-14H,11H2,1-5H3;/q2*-1;. The summed E-state index contributed by atoms with van der Waals surface area (Å²) in [6.07, 6.45) is 3.27. The van der Waals surface area contributed by atoms with Crippen molar-refractivity contribution in [2.75, 3.05) is 0 Å². The summed E-state index contributed by atoms with van der Waals surface area (Å²) in [5.74, 6) is 8.92. The molecule has 55 heavy (non-hydrogen) atoms. The van der Waals surface area contributed by atoms with Gasteiger partial charge in [0.05, 0.1) is 16.9 Å². The normalized spacial score (nSPS) is 11.6. The van der Waals surface area contributed by atoms with Crippen molar-refractivity contribution in [1.29, 1.82) is 0 Å². The second-order valence-electron chi connectivity index (χ2n) is 15.8. The van der Waals surface area contributed by atoms with Crippen molar-refractivity contribution >= 4 is 71.0 Å². The molecular formula is C49H45GeIrN3S-2. The zero-order chi connectivity index (χ0) is 37.6. The number of pyridine rings is 1. The van der Waals surface area contributed by atoms with E-state index in [1.807, 2.05) is 29.5 Å². The SMILES string of the molecule is CC(C)Cc1cc(-c2[c-]cccc2)nc[c]1[Ge]([CH3])([CH3])[CH3].Cc1cccc(C)c1-n1c(-c2[c-]cc3sc4ccccc4c3c2)nc2cc3ccccc3cc21.[Ir]. The van der Waals surface area contributed by atoms with Gasteiger partial charge in [-0.2, -0.15) is 11.3 Å². The first-order valence-corrected chi connectivity index (χ1v) is 27.0. The quantitative estimate of drug-likeness (QED) is 0.123. The van der Waals surface area contributed by atoms with Crippen molar-refractivity contribution in [2.45, 2.75) is 51.4 Å². The van der Waals surface area contributed by atoms with Crippen molar-refractivity contribution in [3.8, 4) is 28.3 Å². The zero-order valence-electron chi connectivity index (χ0n) is 32.5. The Labute approximate surface area is 345 Å². The van der Waals surface area contributed by atoms with Crippen LogP contribution in [0.15, 0.2) is 128 Å². The number of rotatable bonds is 6. The number of imidazole rings is 1. The molecule has 6 heteroatoms. The third-order valence-corrected chi connectivity index (χ3v) is 15.6. The largest absolute Gasteiger partial charge is 0.333 e. The number of fused-ring (bicyclic) bond motifs is 5. The minimum atomic E-state index is -1.86. The molecule has 0 amide bonds. The van der Waals surface area contributed by atoms with E-state index in [0.717, 1.165) is 40.1 Å². The molecule has 1 radical (unpaired) electrons. The van der Waals surface area contributed by atoms with Crippen LogP contribution >= 0.6 is 11.3 Å². The Kier molecular flexibility index (Phi) is 11.3. The maximum Gasteiger partial charge on any atom is 0.0780 e.